The largest absolute Gasteiger partial charge is 0.334 e. The molecule has 0 amide bonds. The third kappa shape index (κ3) is 7.81. The fourth-order valence-corrected chi connectivity index (χ4v) is 16.7. The highest BCUT2D eigenvalue weighted by molar-refractivity contribution is 7.00. The second-order valence-corrected chi connectivity index (χ2v) is 31.1. The van der Waals surface area contributed by atoms with E-state index in [0.717, 1.165) is 12.8 Å². The molecule has 0 N–H and O–H groups in total. The van der Waals surface area contributed by atoms with E-state index in [4.69, 9.17) is 0 Å². The van der Waals surface area contributed by atoms with Crippen LogP contribution in [0.4, 0.5) is 56.9 Å². The molecule has 4 nitrogen and oxygen atoms in total. The summed E-state index contributed by atoms with van der Waals surface area (Å²) in [6.45, 7) is 43.4. The minimum atomic E-state index is -0.159. The summed E-state index contributed by atoms with van der Waals surface area (Å²) in [6, 6.07) is 52.3. The van der Waals surface area contributed by atoms with Crippen LogP contribution in [0.25, 0.3) is 0 Å². The average Bonchev–Trinajstić information content (AvgIpc) is 3.07. The zero-order chi connectivity index (χ0) is 57.5. The monoisotopic (exact) mass is 1070 g/mol. The van der Waals surface area contributed by atoms with Gasteiger partial charge >= 0.3 is 0 Å². The molecule has 7 aromatic carbocycles. The van der Waals surface area contributed by atoms with Crippen LogP contribution in [0.1, 0.15) is 207 Å². The standard InChI is InChI=1S/C76H91BN4/c1-48-40-49(2)68-59(41-48)74(16)37-20-22-39-76(74,18)81(68)56-32-34-61-64(45-56)78(54-30-26-50(27-31-54)69(3,4)5)65-46-57(80-62-35-29-52(71(9,10)11)43-58(62)73(15)36-19-21-38-75(73,80)17)47-66-67(65)77(61)60-33-28-53(72(12,13)14)44-63(60)79(66)55-25-23-24-51(42-55)70(6,7)8/h23-35,40-47H,19-22,36-39H2,1-18H3. The third-order valence-corrected chi connectivity index (χ3v) is 21.9. The van der Waals surface area contributed by atoms with Gasteiger partial charge in [0, 0.05) is 67.7 Å². The van der Waals surface area contributed by atoms with E-state index in [1.54, 1.807) is 0 Å². The predicted molar refractivity (Wildman–Crippen MR) is 350 cm³/mol. The van der Waals surface area contributed by atoms with E-state index in [1.165, 1.54) is 156 Å². The Morgan fingerprint density at radius 2 is 0.864 bits per heavy atom. The summed E-state index contributed by atoms with van der Waals surface area (Å²) in [5.74, 6) is 0. The van der Waals surface area contributed by atoms with Gasteiger partial charge in [-0.1, -0.05) is 195 Å². The van der Waals surface area contributed by atoms with Crippen LogP contribution in [-0.4, -0.2) is 17.8 Å². The molecule has 2 aliphatic carbocycles. The molecule has 4 aliphatic heterocycles. The van der Waals surface area contributed by atoms with Crippen molar-refractivity contribution in [1.82, 2.24) is 0 Å². The molecule has 418 valence electrons. The van der Waals surface area contributed by atoms with Crippen LogP contribution >= 0.6 is 0 Å². The van der Waals surface area contributed by atoms with Gasteiger partial charge < -0.3 is 19.6 Å². The Balaban J connectivity index is 1.15. The van der Waals surface area contributed by atoms with Crippen molar-refractivity contribution in [3.63, 3.8) is 0 Å². The Morgan fingerprint density at radius 1 is 0.383 bits per heavy atom. The van der Waals surface area contributed by atoms with Crippen LogP contribution in [-0.2, 0) is 32.5 Å². The Morgan fingerprint density at radius 3 is 1.48 bits per heavy atom. The molecular formula is C76H91BN4. The summed E-state index contributed by atoms with van der Waals surface area (Å²) in [7, 11) is 0. The van der Waals surface area contributed by atoms with Crippen molar-refractivity contribution in [3.05, 3.63) is 172 Å². The third-order valence-electron chi connectivity index (χ3n) is 21.9. The van der Waals surface area contributed by atoms with Crippen LogP contribution in [0.2, 0.25) is 0 Å². The van der Waals surface area contributed by atoms with Crippen LogP contribution < -0.4 is 36.0 Å². The average molecular weight is 1070 g/mol. The molecule has 81 heavy (non-hydrogen) atoms. The number of hydrogen-bond acceptors (Lipinski definition) is 4. The summed E-state index contributed by atoms with van der Waals surface area (Å²) >= 11 is 0. The number of benzene rings is 7. The fraction of sp³-hybridized carbons (Fsp3) is 0.447. The molecule has 7 aromatic rings. The Kier molecular flexibility index (Phi) is 11.8. The van der Waals surface area contributed by atoms with Crippen molar-refractivity contribution in [1.29, 1.82) is 0 Å². The second kappa shape index (κ2) is 17.7. The summed E-state index contributed by atoms with van der Waals surface area (Å²) in [5.41, 5.74) is 27.9. The number of fused-ring (bicyclic) bond motifs is 10. The summed E-state index contributed by atoms with van der Waals surface area (Å²) in [6.07, 6.45) is 9.64. The van der Waals surface area contributed by atoms with Gasteiger partial charge in [0.2, 0.25) is 0 Å². The van der Waals surface area contributed by atoms with Gasteiger partial charge in [-0.3, -0.25) is 0 Å². The van der Waals surface area contributed by atoms with Crippen molar-refractivity contribution in [3.8, 4) is 0 Å². The molecule has 13 rings (SSSR count). The normalized spacial score (nSPS) is 23.9. The molecule has 6 aliphatic rings. The van der Waals surface area contributed by atoms with E-state index in [9.17, 15) is 0 Å². The van der Waals surface area contributed by atoms with E-state index >= 15 is 0 Å². The van der Waals surface area contributed by atoms with E-state index < -0.39 is 0 Å². The van der Waals surface area contributed by atoms with Crippen LogP contribution in [0.5, 0.6) is 0 Å². The molecule has 4 heterocycles. The lowest BCUT2D eigenvalue weighted by Crippen LogP contribution is -2.61. The Bertz CT molecular complexity index is 3730. The van der Waals surface area contributed by atoms with E-state index in [-0.39, 0.29) is 50.3 Å². The first kappa shape index (κ1) is 54.1. The van der Waals surface area contributed by atoms with Crippen LogP contribution in [0.3, 0.4) is 0 Å². The quantitative estimate of drug-likeness (QED) is 0.163. The summed E-state index contributed by atoms with van der Waals surface area (Å²) in [4.78, 5) is 11.1. The van der Waals surface area contributed by atoms with E-state index in [1.807, 2.05) is 0 Å². The van der Waals surface area contributed by atoms with Crippen molar-refractivity contribution in [2.75, 3.05) is 19.6 Å². The fourth-order valence-electron chi connectivity index (χ4n) is 16.7. The van der Waals surface area contributed by atoms with E-state index in [2.05, 4.69) is 272 Å². The Hall–Kier alpha value is -6.20. The number of aryl methyl sites for hydroxylation is 2. The smallest absolute Gasteiger partial charge is 0.252 e. The number of hydrogen-bond donors (Lipinski definition) is 0. The van der Waals surface area contributed by atoms with Gasteiger partial charge in [-0.15, -0.1) is 0 Å². The lowest BCUT2D eigenvalue weighted by atomic mass is 9.33. The van der Waals surface area contributed by atoms with Gasteiger partial charge in [0.05, 0.1) is 11.1 Å². The zero-order valence-electron chi connectivity index (χ0n) is 52.6. The first-order valence-electron chi connectivity index (χ1n) is 31.1. The predicted octanol–water partition coefficient (Wildman–Crippen LogP) is 19.1. The highest BCUT2D eigenvalue weighted by atomic mass is 15.3. The summed E-state index contributed by atoms with van der Waals surface area (Å²) < 4.78 is 0. The first-order valence-corrected chi connectivity index (χ1v) is 31.1. The second-order valence-electron chi connectivity index (χ2n) is 31.1. The molecule has 2 fully saturated rings. The van der Waals surface area contributed by atoms with Gasteiger partial charge in [-0.05, 0) is 191 Å². The Labute approximate surface area is 488 Å². The molecule has 0 spiro atoms. The number of anilines is 10. The molecular weight excluding hydrogens is 980 g/mol. The number of nitrogens with zero attached hydrogens (tertiary/aromatic N) is 4. The van der Waals surface area contributed by atoms with Crippen molar-refractivity contribution >= 4 is 80.0 Å². The maximum absolute atomic E-state index is 2.86. The van der Waals surface area contributed by atoms with Crippen LogP contribution in [0.15, 0.2) is 127 Å². The van der Waals surface area contributed by atoms with Gasteiger partial charge in [-0.25, -0.2) is 0 Å². The highest BCUT2D eigenvalue weighted by Gasteiger charge is 2.60. The maximum atomic E-state index is 2.86. The van der Waals surface area contributed by atoms with Gasteiger partial charge in [0.25, 0.3) is 6.71 Å². The molecule has 0 radical (unpaired) electrons. The van der Waals surface area contributed by atoms with Crippen molar-refractivity contribution in [2.24, 2.45) is 0 Å². The lowest BCUT2D eigenvalue weighted by Gasteiger charge is -2.51. The van der Waals surface area contributed by atoms with Gasteiger partial charge in [-0.2, -0.15) is 0 Å². The highest BCUT2D eigenvalue weighted by Crippen LogP contribution is 2.64. The molecule has 0 aromatic heterocycles. The minimum absolute atomic E-state index is 0.00688. The zero-order valence-corrected chi connectivity index (χ0v) is 52.6. The van der Waals surface area contributed by atoms with E-state index in [0.29, 0.717) is 0 Å². The minimum Gasteiger partial charge on any atom is -0.334 e. The SMILES string of the molecule is Cc1cc(C)c2c(c1)C1(C)CCCCC1(C)N2c1ccc2c(c1)N(c1ccc(C(C)(C)C)cc1)c1cc(N3c4ccc(C(C)(C)C)cc4C4(C)CCCCC34C)cc3c1B2c1ccc(C(C)(C)C)cc1N3c1cccc(C(C)(C)C)c1. The van der Waals surface area contributed by atoms with Gasteiger partial charge in [0.15, 0.2) is 0 Å². The molecule has 4 unspecified atom stereocenters. The molecule has 0 saturated heterocycles. The topological polar surface area (TPSA) is 13.0 Å². The molecule has 0 bridgehead atoms. The molecule has 2 saturated carbocycles. The van der Waals surface area contributed by atoms with Crippen molar-refractivity contribution < 1.29 is 0 Å². The van der Waals surface area contributed by atoms with Crippen LogP contribution in [0, 0.1) is 13.8 Å². The first-order chi connectivity index (χ1) is 38.0. The van der Waals surface area contributed by atoms with Gasteiger partial charge in [0.1, 0.15) is 0 Å². The maximum Gasteiger partial charge on any atom is 0.252 e. The molecule has 4 atom stereocenters. The van der Waals surface area contributed by atoms with Crippen molar-refractivity contribution in [2.45, 2.75) is 220 Å². The molecule has 5 heteroatoms. The summed E-state index contributed by atoms with van der Waals surface area (Å²) in [5, 5.41) is 0. The number of rotatable bonds is 4. The lowest BCUT2D eigenvalue weighted by molar-refractivity contribution is 0.195.